The highest BCUT2D eigenvalue weighted by molar-refractivity contribution is 6.28. The van der Waals surface area contributed by atoms with Crippen molar-refractivity contribution in [2.24, 2.45) is 0 Å². The van der Waals surface area contributed by atoms with Crippen LogP contribution in [-0.2, 0) is 0 Å². The molecule has 5 heterocycles. The van der Waals surface area contributed by atoms with Crippen molar-refractivity contribution in [3.63, 3.8) is 0 Å². The number of fused-ring (bicyclic) bond motifs is 14. The largest absolute Gasteiger partial charge is 0.309 e. The molecule has 7 heteroatoms. The van der Waals surface area contributed by atoms with Gasteiger partial charge in [-0.3, -0.25) is 0 Å². The fourth-order valence-corrected chi connectivity index (χ4v) is 12.2. The molecular formula is C69H43N7. The van der Waals surface area contributed by atoms with Crippen molar-refractivity contribution in [3.05, 3.63) is 261 Å². The second-order valence-electron chi connectivity index (χ2n) is 19.5. The molecule has 0 aliphatic carbocycles. The summed E-state index contributed by atoms with van der Waals surface area (Å²) in [4.78, 5) is 16.3. The summed E-state index contributed by atoms with van der Waals surface area (Å²) in [7, 11) is 0. The van der Waals surface area contributed by atoms with Crippen LogP contribution in [0.3, 0.4) is 0 Å². The summed E-state index contributed by atoms with van der Waals surface area (Å²) in [5, 5.41) is 9.30. The van der Waals surface area contributed by atoms with Gasteiger partial charge in [-0.05, 0) is 78.9 Å². The van der Waals surface area contributed by atoms with E-state index in [0.717, 1.165) is 105 Å². The lowest BCUT2D eigenvalue weighted by atomic mass is 10.0. The van der Waals surface area contributed by atoms with Crippen molar-refractivity contribution in [2.75, 3.05) is 0 Å². The monoisotopic (exact) mass is 969 g/mol. The van der Waals surface area contributed by atoms with E-state index >= 15 is 0 Å². The fourth-order valence-electron chi connectivity index (χ4n) is 12.2. The molecule has 5 aromatic heterocycles. The van der Waals surface area contributed by atoms with Crippen molar-refractivity contribution < 1.29 is 0 Å². The minimum absolute atomic E-state index is 0.574. The van der Waals surface area contributed by atoms with Gasteiger partial charge in [0.1, 0.15) is 0 Å². The minimum atomic E-state index is 0.574. The summed E-state index contributed by atoms with van der Waals surface area (Å²) in [6.45, 7) is 0. The van der Waals surface area contributed by atoms with Gasteiger partial charge in [0.05, 0.1) is 49.8 Å². The molecule has 0 fully saturated rings. The zero-order valence-electron chi connectivity index (χ0n) is 41.0. The number of hydrogen-bond acceptors (Lipinski definition) is 3. The predicted molar refractivity (Wildman–Crippen MR) is 313 cm³/mol. The maximum atomic E-state index is 5.52. The average molecular weight is 970 g/mol. The number of nitrogens with zero attached hydrogens (tertiary/aromatic N) is 7. The zero-order chi connectivity index (χ0) is 49.8. The van der Waals surface area contributed by atoms with Crippen LogP contribution in [0, 0.1) is 0 Å². The molecule has 0 saturated carbocycles. The molecule has 0 radical (unpaired) electrons. The minimum Gasteiger partial charge on any atom is -0.309 e. The van der Waals surface area contributed by atoms with Crippen LogP contribution in [0.4, 0.5) is 0 Å². The van der Waals surface area contributed by atoms with Crippen LogP contribution >= 0.6 is 0 Å². The van der Waals surface area contributed by atoms with E-state index in [-0.39, 0.29) is 0 Å². The second-order valence-corrected chi connectivity index (χ2v) is 19.5. The molecule has 7 nitrogen and oxygen atoms in total. The first kappa shape index (κ1) is 42.2. The van der Waals surface area contributed by atoms with E-state index in [1.54, 1.807) is 0 Å². The average Bonchev–Trinajstić information content (AvgIpc) is 4.43. The van der Waals surface area contributed by atoms with E-state index in [0.29, 0.717) is 17.5 Å². The lowest BCUT2D eigenvalue weighted by Gasteiger charge is -2.17. The highest BCUT2D eigenvalue weighted by atomic mass is 15.1. The smallest absolute Gasteiger partial charge is 0.166 e. The Morgan fingerprint density at radius 3 is 1.12 bits per heavy atom. The highest BCUT2D eigenvalue weighted by Gasteiger charge is 2.27. The number of para-hydroxylation sites is 6. The summed E-state index contributed by atoms with van der Waals surface area (Å²) in [5.41, 5.74) is 15.9. The molecule has 354 valence electrons. The Kier molecular flexibility index (Phi) is 9.20. The van der Waals surface area contributed by atoms with Crippen molar-refractivity contribution in [1.29, 1.82) is 0 Å². The van der Waals surface area contributed by atoms with E-state index < -0.39 is 0 Å². The normalized spacial score (nSPS) is 11.9. The van der Waals surface area contributed by atoms with Gasteiger partial charge in [-0.1, -0.05) is 182 Å². The van der Waals surface area contributed by atoms with Gasteiger partial charge < -0.3 is 18.3 Å². The summed E-state index contributed by atoms with van der Waals surface area (Å²) >= 11 is 0. The van der Waals surface area contributed by atoms with Crippen LogP contribution < -0.4 is 0 Å². The number of benzene rings is 11. The van der Waals surface area contributed by atoms with Crippen molar-refractivity contribution >= 4 is 87.2 Å². The molecule has 0 saturated heterocycles. The lowest BCUT2D eigenvalue weighted by molar-refractivity contribution is 1.06. The zero-order valence-corrected chi connectivity index (χ0v) is 41.0. The predicted octanol–water partition coefficient (Wildman–Crippen LogP) is 17.3. The summed E-state index contributed by atoms with van der Waals surface area (Å²) in [6.07, 6.45) is 0. The third-order valence-electron chi connectivity index (χ3n) is 15.4. The first-order valence-electron chi connectivity index (χ1n) is 25.8. The van der Waals surface area contributed by atoms with Crippen molar-refractivity contribution in [3.8, 4) is 56.9 Å². The van der Waals surface area contributed by atoms with E-state index in [9.17, 15) is 0 Å². The van der Waals surface area contributed by atoms with Gasteiger partial charge in [-0.2, -0.15) is 0 Å². The van der Waals surface area contributed by atoms with Gasteiger partial charge in [0.25, 0.3) is 0 Å². The van der Waals surface area contributed by atoms with E-state index in [4.69, 9.17) is 15.0 Å². The SMILES string of the molecule is c1ccc(-c2nc(-c3ccccc3)nc(-c3cc4c(cc3-n3c5ccccc5c5ccc6c(c7ccccc7n6-c6ccccc6)c53)c3ccc5c(c6ccccc6n5-c5ccccc5)c3n4-c3ccccc3)n2)cc1. The maximum Gasteiger partial charge on any atom is 0.166 e. The van der Waals surface area contributed by atoms with Crippen molar-refractivity contribution in [1.82, 2.24) is 33.2 Å². The molecule has 0 atom stereocenters. The number of rotatable bonds is 7. The Balaban J connectivity index is 1.12. The quantitative estimate of drug-likeness (QED) is 0.160. The van der Waals surface area contributed by atoms with E-state index in [2.05, 4.69) is 243 Å². The molecule has 0 bridgehead atoms. The fraction of sp³-hybridized carbons (Fsp3) is 0. The third-order valence-corrected chi connectivity index (χ3v) is 15.4. The molecule has 16 rings (SSSR count). The van der Waals surface area contributed by atoms with E-state index in [1.165, 1.54) is 21.5 Å². The molecule has 76 heavy (non-hydrogen) atoms. The maximum absolute atomic E-state index is 5.52. The molecule has 11 aromatic carbocycles. The first-order valence-corrected chi connectivity index (χ1v) is 25.8. The topological polar surface area (TPSA) is 58.4 Å². The molecule has 0 unspecified atom stereocenters. The highest BCUT2D eigenvalue weighted by Crippen LogP contribution is 2.47. The van der Waals surface area contributed by atoms with E-state index in [1.807, 2.05) is 36.4 Å². The van der Waals surface area contributed by atoms with Crippen LogP contribution in [0.15, 0.2) is 261 Å². The number of hydrogen-bond donors (Lipinski definition) is 0. The molecule has 0 aliphatic heterocycles. The third kappa shape index (κ3) is 6.20. The van der Waals surface area contributed by atoms with Crippen LogP contribution in [0.5, 0.6) is 0 Å². The Labute approximate surface area is 436 Å². The van der Waals surface area contributed by atoms with Gasteiger partial charge in [-0.25, -0.2) is 15.0 Å². The Hall–Kier alpha value is -10.4. The Morgan fingerprint density at radius 2 is 0.618 bits per heavy atom. The molecule has 0 N–H and O–H groups in total. The molecular weight excluding hydrogens is 927 g/mol. The molecule has 0 spiro atoms. The number of aromatic nitrogens is 7. The van der Waals surface area contributed by atoms with Gasteiger partial charge in [0, 0.05) is 76.8 Å². The first-order chi connectivity index (χ1) is 37.7. The van der Waals surface area contributed by atoms with Gasteiger partial charge in [0.15, 0.2) is 17.5 Å². The molecule has 16 aromatic rings. The van der Waals surface area contributed by atoms with Crippen LogP contribution in [0.25, 0.3) is 144 Å². The molecule has 0 aliphatic rings. The Morgan fingerprint density at radius 1 is 0.237 bits per heavy atom. The van der Waals surface area contributed by atoms with Gasteiger partial charge >= 0.3 is 0 Å². The summed E-state index contributed by atoms with van der Waals surface area (Å²) in [5.74, 6) is 1.78. The molecule has 0 amide bonds. The van der Waals surface area contributed by atoms with Crippen LogP contribution in [0.1, 0.15) is 0 Å². The van der Waals surface area contributed by atoms with Crippen LogP contribution in [-0.4, -0.2) is 33.2 Å². The lowest BCUT2D eigenvalue weighted by Crippen LogP contribution is -2.04. The van der Waals surface area contributed by atoms with Crippen LogP contribution in [0.2, 0.25) is 0 Å². The van der Waals surface area contributed by atoms with Gasteiger partial charge in [0.2, 0.25) is 0 Å². The van der Waals surface area contributed by atoms with Gasteiger partial charge in [-0.15, -0.1) is 0 Å². The second kappa shape index (κ2) is 16.6. The Bertz CT molecular complexity index is 4900. The standard InChI is InChI=1S/C69H43N7/c1-6-22-44(23-7-1)67-70-68(45-24-8-2-9-25-45)72-69(71-67)55-43-61-54(51-39-41-59-63(65(51)75(61)48-30-14-5-15-31-48)52-33-17-20-36-57(52)73(59)46-26-10-3-11-27-46)42-62(55)76-56-35-19-16-32-49(56)50-38-40-60-64(66(50)76)53-34-18-21-37-58(53)74(60)47-28-12-4-13-29-47/h1-43H. The summed E-state index contributed by atoms with van der Waals surface area (Å²) in [6, 6.07) is 93.3. The van der Waals surface area contributed by atoms with Crippen molar-refractivity contribution in [2.45, 2.75) is 0 Å². The summed E-state index contributed by atoms with van der Waals surface area (Å²) < 4.78 is 9.79.